The Morgan fingerprint density at radius 1 is 1.28 bits per heavy atom. The van der Waals surface area contributed by atoms with E-state index in [1.807, 2.05) is 20.9 Å². The van der Waals surface area contributed by atoms with Crippen LogP contribution in [0.4, 0.5) is 0 Å². The van der Waals surface area contributed by atoms with Crippen LogP contribution in [0.5, 0.6) is 0 Å². The summed E-state index contributed by atoms with van der Waals surface area (Å²) in [6, 6.07) is 0. The van der Waals surface area contributed by atoms with Crippen molar-refractivity contribution in [3.8, 4) is 0 Å². The number of hydrogen-bond donors (Lipinski definition) is 2. The molecule has 102 valence electrons. The first-order chi connectivity index (χ1) is 8.51. The number of aliphatic hydroxyl groups excluding tert-OH is 2. The highest BCUT2D eigenvalue weighted by Crippen LogP contribution is 2.13. The number of aliphatic hydroxyl groups is 2. The maximum absolute atomic E-state index is 12.1. The zero-order valence-corrected chi connectivity index (χ0v) is 11.2. The minimum absolute atomic E-state index is 0.0997. The van der Waals surface area contributed by atoms with Gasteiger partial charge in [0, 0.05) is 31.4 Å². The fraction of sp³-hybridized carbons (Fsp3) is 0.667. The van der Waals surface area contributed by atoms with Crippen LogP contribution in [0.25, 0.3) is 0 Å². The quantitative estimate of drug-likeness (QED) is 0.711. The molecule has 1 aromatic heterocycles. The molecule has 6 nitrogen and oxygen atoms in total. The predicted molar refractivity (Wildman–Crippen MR) is 67.1 cm³/mol. The van der Waals surface area contributed by atoms with Gasteiger partial charge in [-0.05, 0) is 13.8 Å². The van der Waals surface area contributed by atoms with Crippen LogP contribution in [0.15, 0.2) is 0 Å². The largest absolute Gasteiger partial charge is 0.395 e. The molecule has 0 fully saturated rings. The Morgan fingerprint density at radius 2 is 1.83 bits per heavy atom. The number of carbonyl (C=O) groups excluding carboxylic acids is 1. The molecule has 0 aliphatic rings. The molecule has 0 spiro atoms. The van der Waals surface area contributed by atoms with Crippen LogP contribution in [-0.4, -0.2) is 57.1 Å². The van der Waals surface area contributed by atoms with Crippen molar-refractivity contribution in [3.05, 3.63) is 17.0 Å². The molecule has 0 aromatic carbocycles. The molecule has 0 radical (unpaired) electrons. The van der Waals surface area contributed by atoms with E-state index in [2.05, 4.69) is 5.10 Å². The highest BCUT2D eigenvalue weighted by molar-refractivity contribution is 5.79. The normalized spacial score (nSPS) is 10.7. The number of amides is 1. The molecule has 2 N–H and O–H groups in total. The van der Waals surface area contributed by atoms with Crippen LogP contribution in [0.3, 0.4) is 0 Å². The van der Waals surface area contributed by atoms with Gasteiger partial charge in [0.25, 0.3) is 0 Å². The minimum atomic E-state index is -0.100. The number of rotatable bonds is 6. The summed E-state index contributed by atoms with van der Waals surface area (Å²) in [5.74, 6) is -0.0997. The SMILES string of the molecule is Cc1nn(C)c(C)c1CC(=O)N(CCO)CCO. The summed E-state index contributed by atoms with van der Waals surface area (Å²) in [7, 11) is 1.84. The van der Waals surface area contributed by atoms with Crippen molar-refractivity contribution < 1.29 is 15.0 Å². The van der Waals surface area contributed by atoms with Crippen LogP contribution in [0.1, 0.15) is 17.0 Å². The summed E-state index contributed by atoms with van der Waals surface area (Å²) in [5.41, 5.74) is 2.73. The molecular weight excluding hydrogens is 234 g/mol. The van der Waals surface area contributed by atoms with Gasteiger partial charge in [-0.25, -0.2) is 0 Å². The Kier molecular flexibility index (Phi) is 5.30. The highest BCUT2D eigenvalue weighted by atomic mass is 16.3. The van der Waals surface area contributed by atoms with Gasteiger partial charge in [0.1, 0.15) is 0 Å². The van der Waals surface area contributed by atoms with Crippen molar-refractivity contribution in [1.29, 1.82) is 0 Å². The monoisotopic (exact) mass is 255 g/mol. The highest BCUT2D eigenvalue weighted by Gasteiger charge is 2.17. The van der Waals surface area contributed by atoms with Gasteiger partial charge >= 0.3 is 0 Å². The number of aryl methyl sites for hydroxylation is 2. The molecule has 1 amide bonds. The molecular formula is C12H21N3O3. The Labute approximate surface area is 107 Å². The lowest BCUT2D eigenvalue weighted by Crippen LogP contribution is -2.37. The number of hydrogen-bond acceptors (Lipinski definition) is 4. The molecule has 0 aliphatic carbocycles. The average Bonchev–Trinajstić information content (AvgIpc) is 2.55. The third-order valence-electron chi connectivity index (χ3n) is 3.08. The first-order valence-electron chi connectivity index (χ1n) is 5.99. The van der Waals surface area contributed by atoms with E-state index in [1.54, 1.807) is 4.68 Å². The first kappa shape index (κ1) is 14.7. The predicted octanol–water partition coefficient (Wildman–Crippen LogP) is -0.607. The van der Waals surface area contributed by atoms with Gasteiger partial charge in [-0.1, -0.05) is 0 Å². The molecule has 1 heterocycles. The second-order valence-corrected chi connectivity index (χ2v) is 4.28. The Hall–Kier alpha value is -1.40. The van der Waals surface area contributed by atoms with Gasteiger partial charge in [-0.3, -0.25) is 9.48 Å². The Bertz CT molecular complexity index is 409. The van der Waals surface area contributed by atoms with Crippen LogP contribution in [0.2, 0.25) is 0 Å². The summed E-state index contributed by atoms with van der Waals surface area (Å²) < 4.78 is 1.75. The summed E-state index contributed by atoms with van der Waals surface area (Å²) in [5, 5.41) is 22.1. The smallest absolute Gasteiger partial charge is 0.227 e. The molecule has 0 unspecified atom stereocenters. The van der Waals surface area contributed by atoms with Gasteiger partial charge in [0.05, 0.1) is 25.3 Å². The zero-order valence-electron chi connectivity index (χ0n) is 11.2. The van der Waals surface area contributed by atoms with E-state index in [9.17, 15) is 4.79 Å². The maximum Gasteiger partial charge on any atom is 0.227 e. The molecule has 0 saturated carbocycles. The molecule has 6 heteroatoms. The van der Waals surface area contributed by atoms with E-state index in [0.717, 1.165) is 17.0 Å². The molecule has 1 rings (SSSR count). The molecule has 0 atom stereocenters. The van der Waals surface area contributed by atoms with E-state index in [1.165, 1.54) is 4.90 Å². The van der Waals surface area contributed by atoms with Gasteiger partial charge in [-0.2, -0.15) is 5.10 Å². The number of aromatic nitrogens is 2. The van der Waals surface area contributed by atoms with E-state index in [-0.39, 0.29) is 38.6 Å². The Morgan fingerprint density at radius 3 is 2.22 bits per heavy atom. The molecule has 1 aromatic rings. The molecule has 18 heavy (non-hydrogen) atoms. The lowest BCUT2D eigenvalue weighted by atomic mass is 10.1. The van der Waals surface area contributed by atoms with E-state index >= 15 is 0 Å². The fourth-order valence-corrected chi connectivity index (χ4v) is 1.94. The third kappa shape index (κ3) is 3.30. The van der Waals surface area contributed by atoms with E-state index in [0.29, 0.717) is 0 Å². The number of carbonyl (C=O) groups is 1. The van der Waals surface area contributed by atoms with Gasteiger partial charge < -0.3 is 15.1 Å². The third-order valence-corrected chi connectivity index (χ3v) is 3.08. The lowest BCUT2D eigenvalue weighted by Gasteiger charge is -2.20. The van der Waals surface area contributed by atoms with Crippen molar-refractivity contribution in [2.75, 3.05) is 26.3 Å². The van der Waals surface area contributed by atoms with Crippen LogP contribution < -0.4 is 0 Å². The summed E-state index contributed by atoms with van der Waals surface area (Å²) in [6.07, 6.45) is 0.255. The van der Waals surface area contributed by atoms with Crippen LogP contribution >= 0.6 is 0 Å². The number of nitrogens with zero attached hydrogens (tertiary/aromatic N) is 3. The second kappa shape index (κ2) is 6.51. The second-order valence-electron chi connectivity index (χ2n) is 4.28. The van der Waals surface area contributed by atoms with Crippen molar-refractivity contribution in [2.24, 2.45) is 7.05 Å². The van der Waals surface area contributed by atoms with Crippen LogP contribution in [0, 0.1) is 13.8 Å². The minimum Gasteiger partial charge on any atom is -0.395 e. The topological polar surface area (TPSA) is 78.6 Å². The summed E-state index contributed by atoms with van der Waals surface area (Å²) >= 11 is 0. The molecule has 0 aliphatic heterocycles. The molecule has 0 bridgehead atoms. The molecule has 0 saturated heterocycles. The van der Waals surface area contributed by atoms with Crippen molar-refractivity contribution in [2.45, 2.75) is 20.3 Å². The van der Waals surface area contributed by atoms with Crippen molar-refractivity contribution in [3.63, 3.8) is 0 Å². The van der Waals surface area contributed by atoms with Crippen molar-refractivity contribution >= 4 is 5.91 Å². The van der Waals surface area contributed by atoms with Gasteiger partial charge in [0.15, 0.2) is 0 Å². The van der Waals surface area contributed by atoms with E-state index in [4.69, 9.17) is 10.2 Å². The van der Waals surface area contributed by atoms with Gasteiger partial charge in [-0.15, -0.1) is 0 Å². The van der Waals surface area contributed by atoms with Crippen LogP contribution in [-0.2, 0) is 18.3 Å². The lowest BCUT2D eigenvalue weighted by molar-refractivity contribution is -0.131. The standard InChI is InChI=1S/C12H21N3O3/c1-9-11(10(2)14(3)13-9)8-12(18)15(4-6-16)5-7-17/h16-17H,4-8H2,1-3H3. The Balaban J connectivity index is 2.78. The van der Waals surface area contributed by atoms with Gasteiger partial charge in [0.2, 0.25) is 5.91 Å². The van der Waals surface area contributed by atoms with E-state index < -0.39 is 0 Å². The first-order valence-corrected chi connectivity index (χ1v) is 5.99. The average molecular weight is 255 g/mol. The fourth-order valence-electron chi connectivity index (χ4n) is 1.94. The summed E-state index contributed by atoms with van der Waals surface area (Å²) in [6.45, 7) is 4.09. The van der Waals surface area contributed by atoms with Crippen molar-refractivity contribution in [1.82, 2.24) is 14.7 Å². The summed E-state index contributed by atoms with van der Waals surface area (Å²) in [4.78, 5) is 13.5. The zero-order chi connectivity index (χ0) is 13.7. The maximum atomic E-state index is 12.1.